The fourth-order valence-corrected chi connectivity index (χ4v) is 0.810. The van der Waals surface area contributed by atoms with Gasteiger partial charge in [0.2, 0.25) is 5.88 Å². The van der Waals surface area contributed by atoms with Crippen LogP contribution >= 0.6 is 0 Å². The highest BCUT2D eigenvalue weighted by molar-refractivity contribution is 5.31. The molecule has 0 spiro atoms. The highest BCUT2D eigenvalue weighted by atomic mass is 16.5. The first kappa shape index (κ1) is 9.53. The van der Waals surface area contributed by atoms with Crippen molar-refractivity contribution >= 4 is 0 Å². The lowest BCUT2D eigenvalue weighted by Gasteiger charge is -2.06. The summed E-state index contributed by atoms with van der Waals surface area (Å²) in [6.45, 7) is 4.75. The molecular weight excluding hydrogens is 164 g/mol. The van der Waals surface area contributed by atoms with Gasteiger partial charge in [-0.3, -0.25) is 0 Å². The van der Waals surface area contributed by atoms with E-state index in [4.69, 9.17) is 10.00 Å². The number of nitriles is 1. The third-order valence-corrected chi connectivity index (χ3v) is 1.43. The minimum absolute atomic E-state index is 0.465. The van der Waals surface area contributed by atoms with Gasteiger partial charge in [-0.15, -0.1) is 0 Å². The molecule has 0 saturated heterocycles. The summed E-state index contributed by atoms with van der Waals surface area (Å²) in [4.78, 5) is 3.99. The van der Waals surface area contributed by atoms with Crippen molar-refractivity contribution in [1.29, 1.82) is 5.26 Å². The Balaban J connectivity index is 2.63. The Hall–Kier alpha value is -1.56. The van der Waals surface area contributed by atoms with Crippen molar-refractivity contribution in [2.75, 3.05) is 6.61 Å². The van der Waals surface area contributed by atoms with Gasteiger partial charge >= 0.3 is 0 Å². The smallest absolute Gasteiger partial charge is 0.214 e. The van der Waals surface area contributed by atoms with Crippen molar-refractivity contribution in [3.05, 3.63) is 23.9 Å². The summed E-state index contributed by atoms with van der Waals surface area (Å²) in [7, 11) is 0. The molecule has 1 rings (SSSR count). The molecule has 0 saturated carbocycles. The van der Waals surface area contributed by atoms with Crippen LogP contribution < -0.4 is 4.74 Å². The quantitative estimate of drug-likeness (QED) is 0.707. The third kappa shape index (κ3) is 3.12. The predicted molar refractivity (Wildman–Crippen MR) is 49.3 cm³/mol. The van der Waals surface area contributed by atoms with Crippen molar-refractivity contribution in [3.8, 4) is 11.9 Å². The van der Waals surface area contributed by atoms with Crippen molar-refractivity contribution in [2.45, 2.75) is 13.8 Å². The number of nitrogens with zero attached hydrogens (tertiary/aromatic N) is 2. The van der Waals surface area contributed by atoms with Crippen LogP contribution in [0.25, 0.3) is 0 Å². The molecule has 0 fully saturated rings. The van der Waals surface area contributed by atoms with E-state index < -0.39 is 0 Å². The summed E-state index contributed by atoms with van der Waals surface area (Å²) in [6, 6.07) is 5.33. The van der Waals surface area contributed by atoms with Gasteiger partial charge in [0, 0.05) is 12.3 Å². The molecule has 0 aliphatic heterocycles. The molecule has 3 heteroatoms. The van der Waals surface area contributed by atoms with Gasteiger partial charge in [0.05, 0.1) is 18.2 Å². The molecule has 3 nitrogen and oxygen atoms in total. The topological polar surface area (TPSA) is 45.9 Å². The zero-order valence-corrected chi connectivity index (χ0v) is 7.82. The van der Waals surface area contributed by atoms with Crippen LogP contribution in [0.15, 0.2) is 18.3 Å². The molecule has 1 aromatic heterocycles. The minimum atomic E-state index is 0.465. The van der Waals surface area contributed by atoms with Gasteiger partial charge in [0.1, 0.15) is 0 Å². The average molecular weight is 176 g/mol. The number of hydrogen-bond donors (Lipinski definition) is 0. The largest absolute Gasteiger partial charge is 0.477 e. The molecule has 0 aliphatic carbocycles. The molecule has 0 N–H and O–H groups in total. The molecule has 68 valence electrons. The highest BCUT2D eigenvalue weighted by Gasteiger charge is 1.99. The standard InChI is InChI=1S/C10H12N2O/c1-8(2)7-13-10-5-9(6-11)3-4-12-10/h3-5,8H,7H2,1-2H3. The van der Waals surface area contributed by atoms with E-state index in [9.17, 15) is 0 Å². The van der Waals surface area contributed by atoms with Crippen LogP contribution in [0.2, 0.25) is 0 Å². The molecule has 0 radical (unpaired) electrons. The van der Waals surface area contributed by atoms with Gasteiger partial charge in [-0.25, -0.2) is 4.98 Å². The molecule has 0 amide bonds. The Bertz CT molecular complexity index is 315. The first-order chi connectivity index (χ1) is 6.22. The van der Waals surface area contributed by atoms with Crippen LogP contribution in [0.4, 0.5) is 0 Å². The molecule has 1 heterocycles. The molecular formula is C10H12N2O. The predicted octanol–water partition coefficient (Wildman–Crippen LogP) is 1.99. The summed E-state index contributed by atoms with van der Waals surface area (Å²) < 4.78 is 5.35. The molecule has 0 unspecified atom stereocenters. The molecule has 1 aromatic rings. The fourth-order valence-electron chi connectivity index (χ4n) is 0.810. The van der Waals surface area contributed by atoms with Crippen LogP contribution in [0, 0.1) is 17.2 Å². The number of ether oxygens (including phenoxy) is 1. The summed E-state index contributed by atoms with van der Waals surface area (Å²) in [5.74, 6) is 0.986. The maximum atomic E-state index is 8.61. The average Bonchev–Trinajstić information content (AvgIpc) is 2.15. The van der Waals surface area contributed by atoms with Crippen LogP contribution in [-0.4, -0.2) is 11.6 Å². The van der Waals surface area contributed by atoms with Crippen molar-refractivity contribution in [2.24, 2.45) is 5.92 Å². The van der Waals surface area contributed by atoms with E-state index >= 15 is 0 Å². The van der Waals surface area contributed by atoms with E-state index in [0.29, 0.717) is 24.0 Å². The molecule has 0 bridgehead atoms. The number of rotatable bonds is 3. The van der Waals surface area contributed by atoms with Crippen molar-refractivity contribution < 1.29 is 4.74 Å². The van der Waals surface area contributed by atoms with E-state index in [2.05, 4.69) is 18.8 Å². The number of pyridine rings is 1. The minimum Gasteiger partial charge on any atom is -0.477 e. The second-order valence-corrected chi connectivity index (χ2v) is 3.20. The zero-order chi connectivity index (χ0) is 9.68. The second kappa shape index (κ2) is 4.46. The summed E-state index contributed by atoms with van der Waals surface area (Å²) in [5.41, 5.74) is 0.578. The Labute approximate surface area is 78.0 Å². The van der Waals surface area contributed by atoms with E-state index in [1.54, 1.807) is 18.3 Å². The normalized spacial score (nSPS) is 9.69. The Kier molecular flexibility index (Phi) is 3.27. The summed E-state index contributed by atoms with van der Waals surface area (Å²) >= 11 is 0. The summed E-state index contributed by atoms with van der Waals surface area (Å²) in [6.07, 6.45) is 1.58. The molecule has 0 aliphatic rings. The van der Waals surface area contributed by atoms with E-state index in [1.165, 1.54) is 0 Å². The van der Waals surface area contributed by atoms with E-state index in [1.807, 2.05) is 6.07 Å². The fraction of sp³-hybridized carbons (Fsp3) is 0.400. The van der Waals surface area contributed by atoms with E-state index in [-0.39, 0.29) is 0 Å². The van der Waals surface area contributed by atoms with Gasteiger partial charge in [-0.2, -0.15) is 5.26 Å². The molecule has 0 atom stereocenters. The number of hydrogen-bond acceptors (Lipinski definition) is 3. The molecule has 13 heavy (non-hydrogen) atoms. The van der Waals surface area contributed by atoms with Gasteiger partial charge in [-0.1, -0.05) is 13.8 Å². The highest BCUT2D eigenvalue weighted by Crippen LogP contribution is 2.09. The van der Waals surface area contributed by atoms with Crippen LogP contribution in [-0.2, 0) is 0 Å². The Morgan fingerprint density at radius 1 is 1.62 bits per heavy atom. The SMILES string of the molecule is CC(C)COc1cc(C#N)ccn1. The van der Waals surface area contributed by atoms with Crippen molar-refractivity contribution in [1.82, 2.24) is 4.98 Å². The lowest BCUT2D eigenvalue weighted by molar-refractivity contribution is 0.261. The lowest BCUT2D eigenvalue weighted by Crippen LogP contribution is -2.05. The second-order valence-electron chi connectivity index (χ2n) is 3.20. The van der Waals surface area contributed by atoms with Crippen LogP contribution in [0.1, 0.15) is 19.4 Å². The van der Waals surface area contributed by atoms with E-state index in [0.717, 1.165) is 0 Å². The summed E-state index contributed by atoms with van der Waals surface area (Å²) in [5, 5.41) is 8.61. The Morgan fingerprint density at radius 3 is 3.00 bits per heavy atom. The van der Waals surface area contributed by atoms with Crippen molar-refractivity contribution in [3.63, 3.8) is 0 Å². The van der Waals surface area contributed by atoms with Crippen LogP contribution in [0.3, 0.4) is 0 Å². The van der Waals surface area contributed by atoms with Crippen LogP contribution in [0.5, 0.6) is 5.88 Å². The maximum absolute atomic E-state index is 8.61. The Morgan fingerprint density at radius 2 is 2.38 bits per heavy atom. The van der Waals surface area contributed by atoms with Gasteiger partial charge in [0.15, 0.2) is 0 Å². The maximum Gasteiger partial charge on any atom is 0.214 e. The molecule has 0 aromatic carbocycles. The van der Waals surface area contributed by atoms with Gasteiger partial charge in [-0.05, 0) is 12.0 Å². The third-order valence-electron chi connectivity index (χ3n) is 1.43. The first-order valence-corrected chi connectivity index (χ1v) is 4.21. The lowest BCUT2D eigenvalue weighted by atomic mass is 10.2. The zero-order valence-electron chi connectivity index (χ0n) is 7.82. The first-order valence-electron chi connectivity index (χ1n) is 4.21. The number of aromatic nitrogens is 1. The monoisotopic (exact) mass is 176 g/mol. The van der Waals surface area contributed by atoms with Gasteiger partial charge < -0.3 is 4.74 Å². The van der Waals surface area contributed by atoms with Gasteiger partial charge in [0.25, 0.3) is 0 Å².